The van der Waals surface area contributed by atoms with E-state index >= 15 is 0 Å². The fourth-order valence-corrected chi connectivity index (χ4v) is 5.08. The number of carbonyl (C=O) groups excluding carboxylic acids is 1. The summed E-state index contributed by atoms with van der Waals surface area (Å²) in [5, 5.41) is 2.94. The summed E-state index contributed by atoms with van der Waals surface area (Å²) in [6.45, 7) is 3.72. The molecular formula is C26H27N5O5S. The van der Waals surface area contributed by atoms with Crippen molar-refractivity contribution >= 4 is 32.5 Å². The minimum absolute atomic E-state index is 0.105. The van der Waals surface area contributed by atoms with Crippen molar-refractivity contribution in [3.63, 3.8) is 0 Å². The zero-order valence-electron chi connectivity index (χ0n) is 20.8. The second kappa shape index (κ2) is 10.4. The number of rotatable bonds is 8. The molecule has 2 N–H and O–H groups in total. The van der Waals surface area contributed by atoms with E-state index in [9.17, 15) is 18.0 Å². The maximum absolute atomic E-state index is 13.2. The molecule has 0 aliphatic carbocycles. The number of carbonyl (C=O) groups is 1. The zero-order valence-corrected chi connectivity index (χ0v) is 21.7. The quantitative estimate of drug-likeness (QED) is 0.364. The molecule has 0 bridgehead atoms. The van der Waals surface area contributed by atoms with Gasteiger partial charge in [0.25, 0.3) is 15.6 Å². The number of benzene rings is 2. The van der Waals surface area contributed by atoms with E-state index in [0.717, 1.165) is 5.56 Å². The Morgan fingerprint density at radius 1 is 1.11 bits per heavy atom. The maximum atomic E-state index is 13.2. The number of hydrogen-bond acceptors (Lipinski definition) is 7. The molecule has 0 aliphatic rings. The number of fused-ring (bicyclic) bond motifs is 1. The summed E-state index contributed by atoms with van der Waals surface area (Å²) < 4.78 is 35.3. The number of anilines is 1. The molecule has 11 heteroatoms. The molecule has 0 aliphatic heterocycles. The molecule has 0 unspecified atom stereocenters. The van der Waals surface area contributed by atoms with Gasteiger partial charge in [0.2, 0.25) is 11.8 Å². The van der Waals surface area contributed by atoms with E-state index in [1.54, 1.807) is 50.4 Å². The predicted octanol–water partition coefficient (Wildman–Crippen LogP) is 2.96. The fraction of sp³-hybridized carbons (Fsp3) is 0.231. The summed E-state index contributed by atoms with van der Waals surface area (Å²) in [5.41, 5.74) is 2.38. The Morgan fingerprint density at radius 2 is 1.89 bits per heavy atom. The van der Waals surface area contributed by atoms with E-state index in [-0.39, 0.29) is 34.5 Å². The zero-order chi connectivity index (χ0) is 26.7. The van der Waals surface area contributed by atoms with Gasteiger partial charge in [-0.3, -0.25) is 18.9 Å². The van der Waals surface area contributed by atoms with Crippen molar-refractivity contribution in [2.24, 2.45) is 5.92 Å². The third kappa shape index (κ3) is 5.46. The normalized spacial score (nSPS) is 12.2. The van der Waals surface area contributed by atoms with Crippen LogP contribution in [0.2, 0.25) is 0 Å². The Hall–Kier alpha value is -4.25. The molecule has 2 aromatic heterocycles. The van der Waals surface area contributed by atoms with Gasteiger partial charge in [-0.1, -0.05) is 25.1 Å². The first-order valence-electron chi connectivity index (χ1n) is 11.5. The van der Waals surface area contributed by atoms with Crippen molar-refractivity contribution in [1.29, 1.82) is 0 Å². The van der Waals surface area contributed by atoms with Crippen LogP contribution in [0.15, 0.2) is 70.7 Å². The van der Waals surface area contributed by atoms with Crippen LogP contribution < -0.4 is 20.3 Å². The Labute approximate surface area is 214 Å². The van der Waals surface area contributed by atoms with Gasteiger partial charge in [-0.25, -0.2) is 18.4 Å². The van der Waals surface area contributed by atoms with Gasteiger partial charge in [0.1, 0.15) is 5.69 Å². The van der Waals surface area contributed by atoms with Gasteiger partial charge < -0.3 is 10.1 Å². The van der Waals surface area contributed by atoms with Gasteiger partial charge in [0.05, 0.1) is 35.2 Å². The van der Waals surface area contributed by atoms with Gasteiger partial charge in [-0.05, 0) is 48.4 Å². The van der Waals surface area contributed by atoms with Crippen LogP contribution in [0.25, 0.3) is 22.0 Å². The molecule has 1 amide bonds. The highest BCUT2D eigenvalue weighted by Crippen LogP contribution is 2.31. The molecule has 2 aromatic carbocycles. The predicted molar refractivity (Wildman–Crippen MR) is 141 cm³/mol. The molecule has 4 rings (SSSR count). The Balaban J connectivity index is 1.73. The van der Waals surface area contributed by atoms with Crippen LogP contribution in [-0.4, -0.2) is 43.0 Å². The fourth-order valence-electron chi connectivity index (χ4n) is 3.92. The molecule has 0 spiro atoms. The van der Waals surface area contributed by atoms with Crippen LogP contribution in [-0.2, 0) is 21.4 Å². The average Bonchev–Trinajstić information content (AvgIpc) is 2.89. The smallest absolute Gasteiger partial charge is 0.262 e. The maximum Gasteiger partial charge on any atom is 0.262 e. The number of aryl methyl sites for hydroxylation is 1. The number of ether oxygens (including phenoxy) is 1. The van der Waals surface area contributed by atoms with Crippen molar-refractivity contribution < 1.29 is 17.9 Å². The van der Waals surface area contributed by atoms with E-state index in [4.69, 9.17) is 4.74 Å². The summed E-state index contributed by atoms with van der Waals surface area (Å²) in [4.78, 5) is 33.8. The van der Waals surface area contributed by atoms with Gasteiger partial charge in [0.15, 0.2) is 0 Å². The first-order chi connectivity index (χ1) is 17.6. The molecule has 0 saturated heterocycles. The molecule has 0 fully saturated rings. The van der Waals surface area contributed by atoms with Crippen LogP contribution in [0.4, 0.5) is 5.69 Å². The van der Waals surface area contributed by atoms with Crippen LogP contribution in [0.3, 0.4) is 0 Å². The van der Waals surface area contributed by atoms with E-state index in [2.05, 4.69) is 20.0 Å². The number of nitrogens with zero attached hydrogens (tertiary/aromatic N) is 3. The highest BCUT2D eigenvalue weighted by atomic mass is 32.2. The number of hydrogen-bond donors (Lipinski definition) is 2. The molecule has 1 atom stereocenters. The molecule has 192 valence electrons. The monoisotopic (exact) mass is 521 g/mol. The lowest BCUT2D eigenvalue weighted by molar-refractivity contribution is -0.124. The second-order valence-electron chi connectivity index (χ2n) is 8.65. The second-order valence-corrected chi connectivity index (χ2v) is 10.3. The third-order valence-electron chi connectivity index (χ3n) is 5.91. The molecule has 10 nitrogen and oxygen atoms in total. The van der Waals surface area contributed by atoms with Crippen molar-refractivity contribution in [1.82, 2.24) is 19.9 Å². The first kappa shape index (κ1) is 25.8. The molecule has 0 radical (unpaired) electrons. The molecule has 0 saturated carbocycles. The third-order valence-corrected chi connectivity index (χ3v) is 7.27. The highest BCUT2D eigenvalue weighted by molar-refractivity contribution is 7.92. The molecular weight excluding hydrogens is 494 g/mol. The van der Waals surface area contributed by atoms with Gasteiger partial charge in [0, 0.05) is 25.4 Å². The lowest BCUT2D eigenvalue weighted by Gasteiger charge is -2.14. The van der Waals surface area contributed by atoms with Crippen LogP contribution in [0.1, 0.15) is 12.5 Å². The number of pyridine rings is 1. The summed E-state index contributed by atoms with van der Waals surface area (Å²) in [6, 6.07) is 13.3. The topological polar surface area (TPSA) is 132 Å². The van der Waals surface area contributed by atoms with E-state index < -0.39 is 15.9 Å². The van der Waals surface area contributed by atoms with E-state index in [1.807, 2.05) is 13.0 Å². The largest absolute Gasteiger partial charge is 0.480 e. The van der Waals surface area contributed by atoms with Crippen LogP contribution >= 0.6 is 0 Å². The SMILES string of the molecule is CNC(=O)[C@@H](C)Cn1cnc2ccc(-c3cnc(OC)c(NS(=O)(=O)c4cccc(C)c4)c3)cc2c1=O. The lowest BCUT2D eigenvalue weighted by Crippen LogP contribution is -2.32. The number of sulfonamides is 1. The first-order valence-corrected chi connectivity index (χ1v) is 13.0. The summed E-state index contributed by atoms with van der Waals surface area (Å²) >= 11 is 0. The van der Waals surface area contributed by atoms with E-state index in [1.165, 1.54) is 30.3 Å². The number of amides is 1. The number of methoxy groups -OCH3 is 1. The van der Waals surface area contributed by atoms with Crippen molar-refractivity contribution in [3.05, 3.63) is 77.0 Å². The Bertz CT molecular complexity index is 1650. The summed E-state index contributed by atoms with van der Waals surface area (Å²) in [7, 11) is -0.956. The van der Waals surface area contributed by atoms with Crippen molar-refractivity contribution in [2.45, 2.75) is 25.3 Å². The Morgan fingerprint density at radius 3 is 2.59 bits per heavy atom. The molecule has 4 aromatic rings. The van der Waals surface area contributed by atoms with Crippen molar-refractivity contribution in [3.8, 4) is 17.0 Å². The van der Waals surface area contributed by atoms with E-state index in [0.29, 0.717) is 22.0 Å². The highest BCUT2D eigenvalue weighted by Gasteiger charge is 2.19. The number of aromatic nitrogens is 3. The van der Waals surface area contributed by atoms with Gasteiger partial charge in [-0.15, -0.1) is 0 Å². The van der Waals surface area contributed by atoms with Gasteiger partial charge in [-0.2, -0.15) is 0 Å². The van der Waals surface area contributed by atoms with Crippen LogP contribution in [0.5, 0.6) is 5.88 Å². The van der Waals surface area contributed by atoms with Gasteiger partial charge >= 0.3 is 0 Å². The lowest BCUT2D eigenvalue weighted by atomic mass is 10.0. The minimum Gasteiger partial charge on any atom is -0.480 e. The summed E-state index contributed by atoms with van der Waals surface area (Å²) in [5.74, 6) is -0.487. The van der Waals surface area contributed by atoms with Crippen molar-refractivity contribution in [2.75, 3.05) is 18.9 Å². The standard InChI is InChI=1S/C26H27N5O5S/c1-16-6-5-7-20(10-16)37(34,35)30-23-12-19(13-28-25(23)36-4)18-8-9-22-21(11-18)26(33)31(15-29-22)14-17(2)24(32)27-3/h5-13,15,17,30H,14H2,1-4H3,(H,27,32)/t17-/m0/s1. The minimum atomic E-state index is -3.90. The Kier molecular flexibility index (Phi) is 7.25. The molecule has 37 heavy (non-hydrogen) atoms. The number of nitrogens with one attached hydrogen (secondary N) is 2. The van der Waals surface area contributed by atoms with Crippen LogP contribution in [0, 0.1) is 12.8 Å². The summed E-state index contributed by atoms with van der Waals surface area (Å²) in [6.07, 6.45) is 2.96. The average molecular weight is 522 g/mol. The molecule has 2 heterocycles.